The van der Waals surface area contributed by atoms with E-state index in [0.29, 0.717) is 29.9 Å². The van der Waals surface area contributed by atoms with Crippen LogP contribution in [0.3, 0.4) is 0 Å². The molecular formula is C23H26N2O6. The summed E-state index contributed by atoms with van der Waals surface area (Å²) in [5.41, 5.74) is 0.482. The Morgan fingerprint density at radius 3 is 2.45 bits per heavy atom. The zero-order chi connectivity index (χ0) is 22.6. The molecule has 2 aromatic rings. The molecule has 0 unspecified atom stereocenters. The molecule has 2 rings (SSSR count). The predicted molar refractivity (Wildman–Crippen MR) is 117 cm³/mol. The lowest BCUT2D eigenvalue weighted by molar-refractivity contribution is -0.384. The molecular weight excluding hydrogens is 400 g/mol. The molecule has 0 radical (unpaired) electrons. The zero-order valence-electron chi connectivity index (χ0n) is 17.6. The molecule has 0 aliphatic carbocycles. The van der Waals surface area contributed by atoms with Gasteiger partial charge in [-0.05, 0) is 48.7 Å². The highest BCUT2D eigenvalue weighted by atomic mass is 16.6. The minimum absolute atomic E-state index is 0.109. The van der Waals surface area contributed by atoms with Gasteiger partial charge in [0.25, 0.3) is 11.6 Å². The van der Waals surface area contributed by atoms with Crippen molar-refractivity contribution in [1.29, 1.82) is 0 Å². The van der Waals surface area contributed by atoms with E-state index in [9.17, 15) is 19.7 Å². The van der Waals surface area contributed by atoms with E-state index in [1.54, 1.807) is 30.3 Å². The number of hydrogen-bond acceptors (Lipinski definition) is 6. The van der Waals surface area contributed by atoms with Gasteiger partial charge in [0.1, 0.15) is 11.4 Å². The smallest absolute Gasteiger partial charge is 0.354 e. The molecule has 0 fully saturated rings. The Morgan fingerprint density at radius 1 is 1.06 bits per heavy atom. The van der Waals surface area contributed by atoms with Gasteiger partial charge in [-0.1, -0.05) is 32.4 Å². The summed E-state index contributed by atoms with van der Waals surface area (Å²) < 4.78 is 10.7. The van der Waals surface area contributed by atoms with Gasteiger partial charge >= 0.3 is 5.97 Å². The van der Waals surface area contributed by atoms with Crippen molar-refractivity contribution in [3.63, 3.8) is 0 Å². The van der Waals surface area contributed by atoms with E-state index < -0.39 is 16.8 Å². The Labute approximate surface area is 181 Å². The SMILES string of the molecule is CCCCOc1ccc(C(=O)N/C(=C/c2cccc([N+](=O)[O-])c2)C(=O)OCCC)cc1. The van der Waals surface area contributed by atoms with E-state index in [0.717, 1.165) is 12.8 Å². The van der Waals surface area contributed by atoms with Crippen molar-refractivity contribution in [1.82, 2.24) is 5.32 Å². The Kier molecular flexibility index (Phi) is 9.22. The fraction of sp³-hybridized carbons (Fsp3) is 0.304. The molecule has 0 saturated heterocycles. The first kappa shape index (κ1) is 23.6. The van der Waals surface area contributed by atoms with Gasteiger partial charge in [0.15, 0.2) is 0 Å². The Bertz CT molecular complexity index is 937. The van der Waals surface area contributed by atoms with E-state index in [1.807, 2.05) is 6.92 Å². The highest BCUT2D eigenvalue weighted by Crippen LogP contribution is 2.17. The fourth-order valence-electron chi connectivity index (χ4n) is 2.54. The number of carbonyl (C=O) groups is 2. The number of nitro groups is 1. The van der Waals surface area contributed by atoms with Gasteiger partial charge in [-0.25, -0.2) is 4.79 Å². The van der Waals surface area contributed by atoms with Gasteiger partial charge in [0.2, 0.25) is 0 Å². The molecule has 164 valence electrons. The average molecular weight is 426 g/mol. The second kappa shape index (κ2) is 12.1. The number of nitrogens with zero attached hydrogens (tertiary/aromatic N) is 1. The van der Waals surface area contributed by atoms with Crippen molar-refractivity contribution in [2.45, 2.75) is 33.1 Å². The Balaban J connectivity index is 2.20. The van der Waals surface area contributed by atoms with Crippen molar-refractivity contribution in [3.05, 3.63) is 75.5 Å². The van der Waals surface area contributed by atoms with Crippen LogP contribution in [0.15, 0.2) is 54.2 Å². The van der Waals surface area contributed by atoms with Crippen LogP contribution in [0.1, 0.15) is 49.0 Å². The molecule has 0 aliphatic heterocycles. The number of benzene rings is 2. The molecule has 2 aromatic carbocycles. The first-order valence-corrected chi connectivity index (χ1v) is 10.1. The molecule has 0 spiro atoms. The van der Waals surface area contributed by atoms with Crippen LogP contribution in [0.2, 0.25) is 0 Å². The molecule has 1 N–H and O–H groups in total. The Hall–Kier alpha value is -3.68. The van der Waals surface area contributed by atoms with Gasteiger partial charge in [-0.15, -0.1) is 0 Å². The third-order valence-electron chi connectivity index (χ3n) is 4.18. The van der Waals surface area contributed by atoms with E-state index in [-0.39, 0.29) is 18.0 Å². The minimum Gasteiger partial charge on any atom is -0.494 e. The van der Waals surface area contributed by atoms with Crippen LogP contribution < -0.4 is 10.1 Å². The van der Waals surface area contributed by atoms with Crippen LogP contribution in [0.5, 0.6) is 5.75 Å². The lowest BCUT2D eigenvalue weighted by Gasteiger charge is -2.11. The zero-order valence-corrected chi connectivity index (χ0v) is 17.6. The van der Waals surface area contributed by atoms with Crippen molar-refractivity contribution in [2.24, 2.45) is 0 Å². The van der Waals surface area contributed by atoms with Crippen LogP contribution in [0.4, 0.5) is 5.69 Å². The molecule has 0 atom stereocenters. The van der Waals surface area contributed by atoms with Crippen LogP contribution >= 0.6 is 0 Å². The molecule has 0 aromatic heterocycles. The summed E-state index contributed by atoms with van der Waals surface area (Å²) in [7, 11) is 0. The monoisotopic (exact) mass is 426 g/mol. The van der Waals surface area contributed by atoms with Crippen molar-refractivity contribution >= 4 is 23.6 Å². The van der Waals surface area contributed by atoms with Gasteiger partial charge in [0, 0.05) is 17.7 Å². The molecule has 0 bridgehead atoms. The highest BCUT2D eigenvalue weighted by Gasteiger charge is 2.17. The minimum atomic E-state index is -0.721. The topological polar surface area (TPSA) is 108 Å². The third-order valence-corrected chi connectivity index (χ3v) is 4.18. The number of rotatable bonds is 11. The van der Waals surface area contributed by atoms with Gasteiger partial charge in [-0.2, -0.15) is 0 Å². The molecule has 8 heteroatoms. The van der Waals surface area contributed by atoms with Crippen molar-refractivity contribution < 1.29 is 24.0 Å². The third kappa shape index (κ3) is 7.58. The maximum atomic E-state index is 12.7. The normalized spacial score (nSPS) is 11.0. The van der Waals surface area contributed by atoms with E-state index in [4.69, 9.17) is 9.47 Å². The summed E-state index contributed by atoms with van der Waals surface area (Å²) in [4.78, 5) is 35.6. The number of nitro benzene ring substituents is 1. The van der Waals surface area contributed by atoms with Gasteiger partial charge in [0.05, 0.1) is 18.1 Å². The number of non-ortho nitro benzene ring substituents is 1. The number of ether oxygens (including phenoxy) is 2. The number of amides is 1. The first-order valence-electron chi connectivity index (χ1n) is 10.1. The molecule has 1 amide bonds. The average Bonchev–Trinajstić information content (AvgIpc) is 2.77. The largest absolute Gasteiger partial charge is 0.494 e. The summed E-state index contributed by atoms with van der Waals surface area (Å²) >= 11 is 0. The van der Waals surface area contributed by atoms with Crippen LogP contribution in [0.25, 0.3) is 6.08 Å². The van der Waals surface area contributed by atoms with Crippen LogP contribution in [-0.4, -0.2) is 30.0 Å². The maximum absolute atomic E-state index is 12.7. The summed E-state index contributed by atoms with van der Waals surface area (Å²) in [6.07, 6.45) is 3.93. The molecule has 0 saturated carbocycles. The lowest BCUT2D eigenvalue weighted by atomic mass is 10.1. The molecule has 0 aliphatic rings. The van der Waals surface area contributed by atoms with E-state index >= 15 is 0 Å². The van der Waals surface area contributed by atoms with Crippen molar-refractivity contribution in [2.75, 3.05) is 13.2 Å². The summed E-state index contributed by atoms with van der Waals surface area (Å²) in [6.45, 7) is 4.70. The lowest BCUT2D eigenvalue weighted by Crippen LogP contribution is -2.28. The number of carbonyl (C=O) groups excluding carboxylic acids is 2. The second-order valence-corrected chi connectivity index (χ2v) is 6.73. The molecule has 31 heavy (non-hydrogen) atoms. The number of hydrogen-bond donors (Lipinski definition) is 1. The summed E-state index contributed by atoms with van der Waals surface area (Å²) in [5.74, 6) is -0.578. The van der Waals surface area contributed by atoms with E-state index in [2.05, 4.69) is 12.2 Å². The van der Waals surface area contributed by atoms with Crippen LogP contribution in [0, 0.1) is 10.1 Å². The standard InChI is InChI=1S/C23H26N2O6/c1-3-5-14-30-20-11-9-18(10-12-20)22(26)24-21(23(27)31-13-4-2)16-17-7-6-8-19(15-17)25(28)29/h6-12,15-16H,3-5,13-14H2,1-2H3,(H,24,26)/b21-16+. The molecule has 0 heterocycles. The quantitative estimate of drug-likeness (QED) is 0.186. The second-order valence-electron chi connectivity index (χ2n) is 6.73. The molecule has 8 nitrogen and oxygen atoms in total. The number of esters is 1. The highest BCUT2D eigenvalue weighted by molar-refractivity contribution is 6.03. The first-order chi connectivity index (χ1) is 14.9. The number of unbranched alkanes of at least 4 members (excludes halogenated alkanes) is 1. The van der Waals surface area contributed by atoms with E-state index in [1.165, 1.54) is 24.3 Å². The van der Waals surface area contributed by atoms with Crippen LogP contribution in [-0.2, 0) is 9.53 Å². The van der Waals surface area contributed by atoms with Gasteiger partial charge in [-0.3, -0.25) is 14.9 Å². The van der Waals surface area contributed by atoms with Crippen molar-refractivity contribution in [3.8, 4) is 5.75 Å². The summed E-state index contributed by atoms with van der Waals surface area (Å²) in [6, 6.07) is 12.3. The maximum Gasteiger partial charge on any atom is 0.354 e. The number of nitrogens with one attached hydrogen (secondary N) is 1. The fourth-order valence-corrected chi connectivity index (χ4v) is 2.54. The van der Waals surface area contributed by atoms with Gasteiger partial charge < -0.3 is 14.8 Å². The summed E-state index contributed by atoms with van der Waals surface area (Å²) in [5, 5.41) is 13.5. The predicted octanol–water partition coefficient (Wildman–Crippen LogP) is 4.50. The Morgan fingerprint density at radius 2 is 1.81 bits per heavy atom.